The number of aromatic nitrogens is 1. The third kappa shape index (κ3) is 2.91. The summed E-state index contributed by atoms with van der Waals surface area (Å²) in [6, 6.07) is 15.7. The van der Waals surface area contributed by atoms with Crippen molar-refractivity contribution in [3.63, 3.8) is 0 Å². The number of fused-ring (bicyclic) bond motifs is 1. The van der Waals surface area contributed by atoms with Gasteiger partial charge in [0.25, 0.3) is 10.0 Å². The van der Waals surface area contributed by atoms with E-state index in [0.29, 0.717) is 5.52 Å². The number of hydrogen-bond donors (Lipinski definition) is 1. The van der Waals surface area contributed by atoms with Gasteiger partial charge in [-0.05, 0) is 36.8 Å². The van der Waals surface area contributed by atoms with Crippen molar-refractivity contribution in [2.75, 3.05) is 4.72 Å². The van der Waals surface area contributed by atoms with Gasteiger partial charge in [-0.3, -0.25) is 4.72 Å². The van der Waals surface area contributed by atoms with E-state index >= 15 is 0 Å². The van der Waals surface area contributed by atoms with Crippen LogP contribution in [0.5, 0.6) is 0 Å². The van der Waals surface area contributed by atoms with Gasteiger partial charge in [0.2, 0.25) is 0 Å². The van der Waals surface area contributed by atoms with Crippen LogP contribution in [-0.2, 0) is 10.0 Å². The molecule has 0 saturated heterocycles. The van der Waals surface area contributed by atoms with Crippen LogP contribution in [0.15, 0.2) is 59.5 Å². The molecule has 112 valence electrons. The van der Waals surface area contributed by atoms with Gasteiger partial charge >= 0.3 is 0 Å². The number of aryl methyl sites for hydroxylation is 1. The van der Waals surface area contributed by atoms with Crippen molar-refractivity contribution in [3.05, 3.63) is 65.2 Å². The summed E-state index contributed by atoms with van der Waals surface area (Å²) in [6.07, 6.45) is 0. The summed E-state index contributed by atoms with van der Waals surface area (Å²) in [5.74, 6) is 0.127. The lowest BCUT2D eigenvalue weighted by atomic mass is 10.2. The standard InChI is InChI=1S/C16H13ClN2O2S/c1-11-5-4-7-13(9-11)22(20,21)19-16-14(17)10-12-6-2-3-8-15(12)18-16/h2-10H,1H3,(H,18,19). The predicted molar refractivity (Wildman–Crippen MR) is 88.7 cm³/mol. The Morgan fingerprint density at radius 2 is 1.82 bits per heavy atom. The fourth-order valence-electron chi connectivity index (χ4n) is 2.13. The number of para-hydroxylation sites is 1. The average Bonchev–Trinajstić information content (AvgIpc) is 2.48. The molecular weight excluding hydrogens is 320 g/mol. The molecule has 1 aromatic heterocycles. The van der Waals surface area contributed by atoms with Crippen molar-refractivity contribution in [1.29, 1.82) is 0 Å². The number of pyridine rings is 1. The summed E-state index contributed by atoms with van der Waals surface area (Å²) in [4.78, 5) is 4.46. The number of nitrogens with zero attached hydrogens (tertiary/aromatic N) is 1. The van der Waals surface area contributed by atoms with Crippen LogP contribution in [0, 0.1) is 6.92 Å². The highest BCUT2D eigenvalue weighted by atomic mass is 35.5. The Morgan fingerprint density at radius 1 is 1.05 bits per heavy atom. The van der Waals surface area contributed by atoms with E-state index in [2.05, 4.69) is 9.71 Å². The summed E-state index contributed by atoms with van der Waals surface area (Å²) in [6.45, 7) is 1.83. The molecule has 0 aliphatic carbocycles. The molecule has 0 spiro atoms. The average molecular weight is 333 g/mol. The summed E-state index contributed by atoms with van der Waals surface area (Å²) in [7, 11) is -3.72. The predicted octanol–water partition coefficient (Wildman–Crippen LogP) is 4.00. The minimum atomic E-state index is -3.72. The second kappa shape index (κ2) is 5.59. The molecule has 0 atom stereocenters. The lowest BCUT2D eigenvalue weighted by Gasteiger charge is -2.10. The highest BCUT2D eigenvalue weighted by Gasteiger charge is 2.17. The van der Waals surface area contributed by atoms with Gasteiger partial charge in [-0.25, -0.2) is 13.4 Å². The quantitative estimate of drug-likeness (QED) is 0.788. The molecular formula is C16H13ClN2O2S. The molecule has 4 nitrogen and oxygen atoms in total. The van der Waals surface area contributed by atoms with Crippen molar-refractivity contribution in [1.82, 2.24) is 4.98 Å². The Hall–Kier alpha value is -2.11. The van der Waals surface area contributed by atoms with E-state index in [1.807, 2.05) is 31.2 Å². The number of nitrogens with one attached hydrogen (secondary N) is 1. The van der Waals surface area contributed by atoms with Crippen LogP contribution in [-0.4, -0.2) is 13.4 Å². The highest BCUT2D eigenvalue weighted by Crippen LogP contribution is 2.26. The number of halogens is 1. The van der Waals surface area contributed by atoms with Gasteiger partial charge in [0.05, 0.1) is 15.4 Å². The smallest absolute Gasteiger partial charge is 0.262 e. The normalized spacial score (nSPS) is 11.5. The van der Waals surface area contributed by atoms with Gasteiger partial charge < -0.3 is 0 Å². The van der Waals surface area contributed by atoms with E-state index in [9.17, 15) is 8.42 Å². The van der Waals surface area contributed by atoms with Crippen LogP contribution in [0.25, 0.3) is 10.9 Å². The number of sulfonamides is 1. The first-order valence-electron chi connectivity index (χ1n) is 6.60. The van der Waals surface area contributed by atoms with E-state index in [1.54, 1.807) is 24.3 Å². The fourth-order valence-corrected chi connectivity index (χ4v) is 3.52. The maximum Gasteiger partial charge on any atom is 0.263 e. The minimum Gasteiger partial charge on any atom is -0.262 e. The summed E-state index contributed by atoms with van der Waals surface area (Å²) in [5.41, 5.74) is 1.54. The highest BCUT2D eigenvalue weighted by molar-refractivity contribution is 7.92. The molecule has 2 aromatic carbocycles. The molecule has 1 N–H and O–H groups in total. The minimum absolute atomic E-state index is 0.127. The first kappa shape index (κ1) is 14.8. The molecule has 3 aromatic rings. The summed E-state index contributed by atoms with van der Waals surface area (Å²) in [5, 5.41) is 1.11. The molecule has 0 bridgehead atoms. The first-order chi connectivity index (χ1) is 10.5. The van der Waals surface area contributed by atoms with Crippen LogP contribution in [0.1, 0.15) is 5.56 Å². The maximum absolute atomic E-state index is 12.4. The van der Waals surface area contributed by atoms with Crippen LogP contribution in [0.2, 0.25) is 5.02 Å². The SMILES string of the molecule is Cc1cccc(S(=O)(=O)Nc2nc3ccccc3cc2Cl)c1. The fraction of sp³-hybridized carbons (Fsp3) is 0.0625. The topological polar surface area (TPSA) is 59.1 Å². The Kier molecular flexibility index (Phi) is 3.76. The molecule has 6 heteroatoms. The van der Waals surface area contributed by atoms with Crippen LogP contribution < -0.4 is 4.72 Å². The summed E-state index contributed by atoms with van der Waals surface area (Å²) >= 11 is 6.14. The number of rotatable bonds is 3. The van der Waals surface area contributed by atoms with Crippen molar-refractivity contribution >= 4 is 38.3 Å². The largest absolute Gasteiger partial charge is 0.263 e. The third-order valence-electron chi connectivity index (χ3n) is 3.21. The monoisotopic (exact) mass is 332 g/mol. The van der Waals surface area contributed by atoms with Gasteiger partial charge in [0.15, 0.2) is 5.82 Å². The number of benzene rings is 2. The Balaban J connectivity index is 2.03. The zero-order chi connectivity index (χ0) is 15.7. The van der Waals surface area contributed by atoms with E-state index in [0.717, 1.165) is 10.9 Å². The lowest BCUT2D eigenvalue weighted by molar-refractivity contribution is 0.601. The van der Waals surface area contributed by atoms with Crippen molar-refractivity contribution in [2.45, 2.75) is 11.8 Å². The Labute approximate surface area is 133 Å². The second-order valence-corrected chi connectivity index (χ2v) is 7.02. The lowest BCUT2D eigenvalue weighted by Crippen LogP contribution is -2.14. The second-order valence-electron chi connectivity index (χ2n) is 4.93. The van der Waals surface area contributed by atoms with Gasteiger partial charge in [-0.15, -0.1) is 0 Å². The molecule has 0 fully saturated rings. The third-order valence-corrected chi connectivity index (χ3v) is 4.83. The number of anilines is 1. The van der Waals surface area contributed by atoms with Crippen LogP contribution in [0.4, 0.5) is 5.82 Å². The zero-order valence-electron chi connectivity index (χ0n) is 11.7. The van der Waals surface area contributed by atoms with Gasteiger partial charge in [0.1, 0.15) is 0 Å². The molecule has 22 heavy (non-hydrogen) atoms. The van der Waals surface area contributed by atoms with E-state index in [-0.39, 0.29) is 15.7 Å². The molecule has 0 aliphatic rings. The van der Waals surface area contributed by atoms with Gasteiger partial charge in [-0.2, -0.15) is 0 Å². The van der Waals surface area contributed by atoms with Gasteiger partial charge in [0, 0.05) is 5.39 Å². The Bertz CT molecular complexity index is 955. The first-order valence-corrected chi connectivity index (χ1v) is 8.46. The van der Waals surface area contributed by atoms with E-state index in [1.165, 1.54) is 6.07 Å². The molecule has 3 rings (SSSR count). The summed E-state index contributed by atoms with van der Waals surface area (Å²) < 4.78 is 27.3. The molecule has 0 amide bonds. The molecule has 0 unspecified atom stereocenters. The van der Waals surface area contributed by atoms with Crippen LogP contribution >= 0.6 is 11.6 Å². The molecule has 0 radical (unpaired) electrons. The van der Waals surface area contributed by atoms with Crippen molar-refractivity contribution in [3.8, 4) is 0 Å². The molecule has 0 saturated carbocycles. The number of hydrogen-bond acceptors (Lipinski definition) is 3. The molecule has 0 aliphatic heterocycles. The van der Waals surface area contributed by atoms with Crippen molar-refractivity contribution < 1.29 is 8.42 Å². The van der Waals surface area contributed by atoms with Gasteiger partial charge in [-0.1, -0.05) is 41.9 Å². The van der Waals surface area contributed by atoms with E-state index < -0.39 is 10.0 Å². The van der Waals surface area contributed by atoms with E-state index in [4.69, 9.17) is 11.6 Å². The maximum atomic E-state index is 12.4. The zero-order valence-corrected chi connectivity index (χ0v) is 13.3. The molecule has 1 heterocycles. The van der Waals surface area contributed by atoms with Crippen molar-refractivity contribution in [2.24, 2.45) is 0 Å². The Morgan fingerprint density at radius 3 is 2.59 bits per heavy atom. The van der Waals surface area contributed by atoms with Crippen LogP contribution in [0.3, 0.4) is 0 Å².